The van der Waals surface area contributed by atoms with Crippen LogP contribution in [0.25, 0.3) is 0 Å². The summed E-state index contributed by atoms with van der Waals surface area (Å²) in [6, 6.07) is 9.98. The van der Waals surface area contributed by atoms with Gasteiger partial charge < -0.3 is 10.2 Å². The predicted molar refractivity (Wildman–Crippen MR) is 118 cm³/mol. The topological polar surface area (TPSA) is 56.2 Å². The van der Waals surface area contributed by atoms with E-state index in [-0.39, 0.29) is 27.6 Å². The van der Waals surface area contributed by atoms with E-state index in [1.165, 1.54) is 11.0 Å². The molecule has 164 valence electrons. The molecule has 2 aromatic rings. The van der Waals surface area contributed by atoms with Gasteiger partial charge in [0.15, 0.2) is 0 Å². The summed E-state index contributed by atoms with van der Waals surface area (Å²) in [5, 5.41) is 11.0. The monoisotopic (exact) mass is 493 g/mol. The van der Waals surface area contributed by atoms with Gasteiger partial charge in [0.05, 0.1) is 17.9 Å². The van der Waals surface area contributed by atoms with Gasteiger partial charge in [0, 0.05) is 34.6 Å². The van der Waals surface area contributed by atoms with Crippen LogP contribution >= 0.6 is 15.9 Å². The van der Waals surface area contributed by atoms with Gasteiger partial charge in [-0.05, 0) is 54.2 Å². The summed E-state index contributed by atoms with van der Waals surface area (Å²) in [4.78, 5) is 14.5. The highest BCUT2D eigenvalue weighted by Crippen LogP contribution is 2.51. The molecule has 1 fully saturated rings. The summed E-state index contributed by atoms with van der Waals surface area (Å²) in [5.41, 5.74) is 0.717. The molecule has 1 amide bonds. The highest BCUT2D eigenvalue weighted by Gasteiger charge is 2.45. The molecule has 1 aliphatic carbocycles. The molecule has 0 spiro atoms. The molecule has 0 bridgehead atoms. The second-order valence-corrected chi connectivity index (χ2v) is 9.53. The number of benzene rings is 2. The van der Waals surface area contributed by atoms with Crippen molar-refractivity contribution in [2.45, 2.75) is 44.3 Å². The zero-order chi connectivity index (χ0) is 22.6. The molecule has 2 aliphatic rings. The lowest BCUT2D eigenvalue weighted by molar-refractivity contribution is -0.138. The first-order chi connectivity index (χ1) is 14.5. The summed E-state index contributed by atoms with van der Waals surface area (Å²) in [5.74, 6) is 0.553. The van der Waals surface area contributed by atoms with Crippen molar-refractivity contribution in [3.8, 4) is 0 Å². The Kier molecular flexibility index (Phi) is 5.40. The van der Waals surface area contributed by atoms with Gasteiger partial charge in [0.25, 0.3) is 5.91 Å². The molecular formula is C23H23BrF3N3O. The molecule has 1 saturated carbocycles. The van der Waals surface area contributed by atoms with Crippen LogP contribution in [0.3, 0.4) is 0 Å². The lowest BCUT2D eigenvalue weighted by atomic mass is 9.57. The van der Waals surface area contributed by atoms with Crippen LogP contribution in [0.2, 0.25) is 0 Å². The molecule has 1 heterocycles. The number of amides is 1. The van der Waals surface area contributed by atoms with E-state index in [2.05, 4.69) is 28.2 Å². The third-order valence-corrected chi connectivity index (χ3v) is 6.84. The quantitative estimate of drug-likeness (QED) is 0.412. The van der Waals surface area contributed by atoms with Crippen LogP contribution in [0.1, 0.15) is 53.2 Å². The number of fused-ring (bicyclic) bond motifs is 1. The Morgan fingerprint density at radius 1 is 1.29 bits per heavy atom. The summed E-state index contributed by atoms with van der Waals surface area (Å²) in [6.45, 7) is 2.05. The van der Waals surface area contributed by atoms with E-state index in [4.69, 9.17) is 5.41 Å². The Labute approximate surface area is 187 Å². The Bertz CT molecular complexity index is 1060. The van der Waals surface area contributed by atoms with Crippen molar-refractivity contribution in [1.29, 1.82) is 5.41 Å². The van der Waals surface area contributed by atoms with E-state index in [9.17, 15) is 18.0 Å². The maximum atomic E-state index is 13.6. The number of hydrogen-bond acceptors (Lipinski definition) is 2. The van der Waals surface area contributed by atoms with Gasteiger partial charge in [-0.1, -0.05) is 35.0 Å². The van der Waals surface area contributed by atoms with Gasteiger partial charge in [-0.25, -0.2) is 0 Å². The minimum atomic E-state index is -4.54. The molecule has 2 aromatic carbocycles. The lowest BCUT2D eigenvalue weighted by Crippen LogP contribution is -2.43. The summed E-state index contributed by atoms with van der Waals surface area (Å²) >= 11 is 3.11. The highest BCUT2D eigenvalue weighted by molar-refractivity contribution is 9.10. The highest BCUT2D eigenvalue weighted by atomic mass is 79.9. The fourth-order valence-corrected chi connectivity index (χ4v) is 5.48. The van der Waals surface area contributed by atoms with E-state index >= 15 is 0 Å². The number of amidine groups is 1. The second-order valence-electron chi connectivity index (χ2n) is 8.62. The van der Waals surface area contributed by atoms with Crippen LogP contribution in [0.4, 0.5) is 18.9 Å². The largest absolute Gasteiger partial charge is 0.416 e. The Balaban J connectivity index is 1.70. The van der Waals surface area contributed by atoms with Crippen molar-refractivity contribution < 1.29 is 18.0 Å². The fourth-order valence-electron chi connectivity index (χ4n) is 5.02. The lowest BCUT2D eigenvalue weighted by Gasteiger charge is -2.47. The first kappa shape index (κ1) is 21.9. The predicted octanol–water partition coefficient (Wildman–Crippen LogP) is 5.88. The Morgan fingerprint density at radius 3 is 2.61 bits per heavy atom. The number of anilines is 1. The molecule has 4 nitrogen and oxygen atoms in total. The molecule has 0 saturated heterocycles. The number of rotatable bonds is 4. The van der Waals surface area contributed by atoms with Crippen molar-refractivity contribution in [2.75, 3.05) is 11.9 Å². The molecule has 0 atom stereocenters. The first-order valence-corrected chi connectivity index (χ1v) is 10.9. The number of alkyl halides is 3. The van der Waals surface area contributed by atoms with E-state index in [0.717, 1.165) is 24.5 Å². The number of nitrogens with zero attached hydrogens (tertiary/aromatic N) is 1. The maximum absolute atomic E-state index is 13.6. The van der Waals surface area contributed by atoms with Crippen LogP contribution in [0, 0.1) is 11.3 Å². The normalized spacial score (nSPS) is 22.8. The zero-order valence-corrected chi connectivity index (χ0v) is 18.8. The number of nitrogens with one attached hydrogen (secondary N) is 2. The second kappa shape index (κ2) is 7.65. The van der Waals surface area contributed by atoms with Crippen LogP contribution in [-0.4, -0.2) is 18.8 Å². The summed E-state index contributed by atoms with van der Waals surface area (Å²) < 4.78 is 40.9. The third kappa shape index (κ3) is 3.86. The molecule has 8 heteroatoms. The van der Waals surface area contributed by atoms with Crippen molar-refractivity contribution >= 4 is 33.4 Å². The SMILES string of the molecule is CNC(=N)C[C@]1(c2cccc(N3Cc4c(cc(Br)cc4C(F)(F)F)C3=O)c2)C[C@H](C)C1. The van der Waals surface area contributed by atoms with Gasteiger partial charge in [0.2, 0.25) is 0 Å². The van der Waals surface area contributed by atoms with Crippen LogP contribution in [0.5, 0.6) is 0 Å². The van der Waals surface area contributed by atoms with Crippen LogP contribution < -0.4 is 10.2 Å². The molecule has 1 aliphatic heterocycles. The van der Waals surface area contributed by atoms with E-state index in [1.54, 1.807) is 13.1 Å². The molecule has 4 rings (SSSR count). The maximum Gasteiger partial charge on any atom is 0.416 e. The van der Waals surface area contributed by atoms with Crippen molar-refractivity contribution in [3.63, 3.8) is 0 Å². The first-order valence-electron chi connectivity index (χ1n) is 10.1. The van der Waals surface area contributed by atoms with E-state index < -0.39 is 17.6 Å². The molecule has 31 heavy (non-hydrogen) atoms. The van der Waals surface area contributed by atoms with Gasteiger partial charge in [-0.15, -0.1) is 0 Å². The molecule has 0 aromatic heterocycles. The van der Waals surface area contributed by atoms with E-state index in [1.807, 2.05) is 18.2 Å². The molecule has 0 radical (unpaired) electrons. The van der Waals surface area contributed by atoms with Gasteiger partial charge in [-0.3, -0.25) is 10.2 Å². The zero-order valence-electron chi connectivity index (χ0n) is 17.2. The number of carbonyl (C=O) groups excluding carboxylic acids is 1. The van der Waals surface area contributed by atoms with Crippen molar-refractivity contribution in [2.24, 2.45) is 5.92 Å². The Morgan fingerprint density at radius 2 is 2.00 bits per heavy atom. The average Bonchev–Trinajstić information content (AvgIpc) is 3.01. The van der Waals surface area contributed by atoms with Crippen LogP contribution in [0.15, 0.2) is 40.9 Å². The summed E-state index contributed by atoms with van der Waals surface area (Å²) in [7, 11) is 1.73. The van der Waals surface area contributed by atoms with Gasteiger partial charge in [-0.2, -0.15) is 13.2 Å². The molecule has 0 unspecified atom stereocenters. The smallest absolute Gasteiger partial charge is 0.377 e. The number of halogens is 4. The van der Waals surface area contributed by atoms with E-state index in [0.29, 0.717) is 23.9 Å². The fraction of sp³-hybridized carbons (Fsp3) is 0.391. The Hall–Kier alpha value is -2.35. The summed E-state index contributed by atoms with van der Waals surface area (Å²) in [6.07, 6.45) is -2.11. The standard InChI is InChI=1S/C23H23BrF3N3O/c1-13-9-22(10-13,11-20(28)29-2)14-4-3-5-16(6-14)30-12-18-17(21(30)31)7-15(24)8-19(18)23(25,26)27/h3-8,13H,9-12H2,1-2H3,(H2,28,29)/t13-,22-. The number of hydrogen-bond donors (Lipinski definition) is 2. The van der Waals surface area contributed by atoms with Crippen molar-refractivity contribution in [1.82, 2.24) is 5.32 Å². The molecule has 2 N–H and O–H groups in total. The van der Waals surface area contributed by atoms with Gasteiger partial charge >= 0.3 is 6.18 Å². The average molecular weight is 494 g/mol. The minimum Gasteiger partial charge on any atom is -0.377 e. The molecular weight excluding hydrogens is 471 g/mol. The third-order valence-electron chi connectivity index (χ3n) is 6.38. The van der Waals surface area contributed by atoms with Crippen LogP contribution in [-0.2, 0) is 18.1 Å². The van der Waals surface area contributed by atoms with Gasteiger partial charge in [0.1, 0.15) is 0 Å². The van der Waals surface area contributed by atoms with Crippen molar-refractivity contribution in [3.05, 3.63) is 63.1 Å². The number of carbonyl (C=O) groups is 1. The minimum absolute atomic E-state index is 0.00930.